The third-order valence-corrected chi connectivity index (χ3v) is 4.57. The van der Waals surface area contributed by atoms with E-state index in [1.807, 2.05) is 31.4 Å². The van der Waals surface area contributed by atoms with E-state index in [0.29, 0.717) is 10.6 Å². The van der Waals surface area contributed by atoms with Gasteiger partial charge in [0.05, 0.1) is 6.04 Å². The third-order valence-electron chi connectivity index (χ3n) is 4.34. The van der Waals surface area contributed by atoms with Crippen molar-refractivity contribution in [2.45, 2.75) is 25.5 Å². The van der Waals surface area contributed by atoms with Gasteiger partial charge in [0.2, 0.25) is 0 Å². The van der Waals surface area contributed by atoms with E-state index in [0.717, 1.165) is 23.3 Å². The first-order valence-corrected chi connectivity index (χ1v) is 7.98. The standard InChI is InChI=1S/C19H15ClFNO/c1-11-18-12(8-9-22-11)2-3-13-4-7-17(23-19(13)18)15-6-5-14(20)10-16(15)21/h2-7,9-11,17H,8H2,1H3/t11?,17-/m1/s1. The van der Waals surface area contributed by atoms with E-state index in [-0.39, 0.29) is 11.9 Å². The van der Waals surface area contributed by atoms with Gasteiger partial charge in [-0.3, -0.25) is 4.99 Å². The highest BCUT2D eigenvalue weighted by molar-refractivity contribution is 6.30. The van der Waals surface area contributed by atoms with Crippen LogP contribution in [0.2, 0.25) is 5.02 Å². The molecule has 0 N–H and O–H groups in total. The molecule has 0 saturated carbocycles. The maximum absolute atomic E-state index is 14.2. The van der Waals surface area contributed by atoms with Crippen LogP contribution in [0, 0.1) is 5.82 Å². The maximum Gasteiger partial charge on any atom is 0.145 e. The SMILES string of the molecule is CC1N=CCc2ccc3c(c21)O[C@@H](c1ccc(Cl)cc1F)C=C3. The Morgan fingerprint density at radius 3 is 2.96 bits per heavy atom. The lowest BCUT2D eigenvalue weighted by molar-refractivity contribution is 0.242. The highest BCUT2D eigenvalue weighted by Crippen LogP contribution is 2.42. The molecule has 2 heterocycles. The van der Waals surface area contributed by atoms with Crippen LogP contribution in [0.1, 0.15) is 41.3 Å². The van der Waals surface area contributed by atoms with E-state index < -0.39 is 6.10 Å². The summed E-state index contributed by atoms with van der Waals surface area (Å²) in [6, 6.07) is 8.89. The minimum Gasteiger partial charge on any atom is -0.480 e. The Morgan fingerprint density at radius 1 is 1.26 bits per heavy atom. The van der Waals surface area contributed by atoms with Crippen LogP contribution < -0.4 is 4.74 Å². The van der Waals surface area contributed by atoms with Crippen molar-refractivity contribution in [2.75, 3.05) is 0 Å². The van der Waals surface area contributed by atoms with Gasteiger partial charge in [0.15, 0.2) is 0 Å². The molecule has 2 atom stereocenters. The number of ether oxygens (including phenoxy) is 1. The number of fused-ring (bicyclic) bond motifs is 3. The van der Waals surface area contributed by atoms with Gasteiger partial charge in [-0.2, -0.15) is 0 Å². The first kappa shape index (κ1) is 14.5. The van der Waals surface area contributed by atoms with E-state index in [1.165, 1.54) is 11.6 Å². The summed E-state index contributed by atoms with van der Waals surface area (Å²) in [5.41, 5.74) is 3.82. The number of benzene rings is 2. The van der Waals surface area contributed by atoms with Crippen LogP contribution in [0.3, 0.4) is 0 Å². The minimum atomic E-state index is -0.454. The molecule has 0 fully saturated rings. The molecule has 2 nitrogen and oxygen atoms in total. The second kappa shape index (κ2) is 5.50. The van der Waals surface area contributed by atoms with Crippen molar-refractivity contribution in [3.63, 3.8) is 0 Å². The van der Waals surface area contributed by atoms with E-state index in [1.54, 1.807) is 12.1 Å². The predicted octanol–water partition coefficient (Wildman–Crippen LogP) is 5.31. The van der Waals surface area contributed by atoms with Crippen LogP contribution in [0.5, 0.6) is 5.75 Å². The molecule has 4 heteroatoms. The summed E-state index contributed by atoms with van der Waals surface area (Å²) >= 11 is 5.84. The normalized spacial score (nSPS) is 21.5. The van der Waals surface area contributed by atoms with Crippen molar-refractivity contribution in [1.29, 1.82) is 0 Å². The predicted molar refractivity (Wildman–Crippen MR) is 90.9 cm³/mol. The number of hydrogen-bond acceptors (Lipinski definition) is 2. The fraction of sp³-hybridized carbons (Fsp3) is 0.211. The Labute approximate surface area is 139 Å². The molecule has 0 aromatic heterocycles. The lowest BCUT2D eigenvalue weighted by Crippen LogP contribution is -2.15. The summed E-state index contributed by atoms with van der Waals surface area (Å²) in [4.78, 5) is 4.49. The highest BCUT2D eigenvalue weighted by atomic mass is 35.5. The molecule has 0 amide bonds. The Morgan fingerprint density at radius 2 is 2.13 bits per heavy atom. The van der Waals surface area contributed by atoms with Crippen LogP contribution >= 0.6 is 11.6 Å². The van der Waals surface area contributed by atoms with Gasteiger partial charge in [0.25, 0.3) is 0 Å². The molecule has 0 radical (unpaired) electrons. The number of rotatable bonds is 1. The zero-order valence-electron chi connectivity index (χ0n) is 12.6. The number of nitrogens with zero attached hydrogens (tertiary/aromatic N) is 1. The Balaban J connectivity index is 1.78. The molecule has 0 bridgehead atoms. The molecule has 4 rings (SSSR count). The van der Waals surface area contributed by atoms with Crippen molar-refractivity contribution < 1.29 is 9.13 Å². The number of hydrogen-bond donors (Lipinski definition) is 0. The molecule has 0 spiro atoms. The Bertz CT molecular complexity index is 844. The molecule has 116 valence electrons. The van der Waals surface area contributed by atoms with Crippen molar-refractivity contribution in [3.05, 3.63) is 69.5 Å². The smallest absolute Gasteiger partial charge is 0.145 e. The largest absolute Gasteiger partial charge is 0.480 e. The van der Waals surface area contributed by atoms with Gasteiger partial charge in [-0.05, 0) is 30.7 Å². The topological polar surface area (TPSA) is 21.6 Å². The second-order valence-corrected chi connectivity index (χ2v) is 6.27. The van der Waals surface area contributed by atoms with Gasteiger partial charge in [-0.15, -0.1) is 0 Å². The summed E-state index contributed by atoms with van der Waals surface area (Å²) in [5, 5.41) is 0.381. The average Bonchev–Trinajstić information content (AvgIpc) is 2.54. The van der Waals surface area contributed by atoms with E-state index in [9.17, 15) is 4.39 Å². The summed E-state index contributed by atoms with van der Waals surface area (Å²) in [7, 11) is 0. The number of halogens is 2. The van der Waals surface area contributed by atoms with Crippen LogP contribution in [-0.4, -0.2) is 6.21 Å². The zero-order chi connectivity index (χ0) is 16.0. The highest BCUT2D eigenvalue weighted by Gasteiger charge is 2.26. The van der Waals surface area contributed by atoms with Gasteiger partial charge in [0, 0.05) is 34.3 Å². The summed E-state index contributed by atoms with van der Waals surface area (Å²) in [5.74, 6) is 0.458. The molecule has 0 aliphatic carbocycles. The Hall–Kier alpha value is -2.13. The first-order chi connectivity index (χ1) is 11.1. The van der Waals surface area contributed by atoms with Gasteiger partial charge >= 0.3 is 0 Å². The molecule has 2 aromatic carbocycles. The molecule has 0 saturated heterocycles. The van der Waals surface area contributed by atoms with Gasteiger partial charge in [-0.25, -0.2) is 4.39 Å². The molecule has 2 aromatic rings. The van der Waals surface area contributed by atoms with Gasteiger partial charge in [-0.1, -0.05) is 35.9 Å². The van der Waals surface area contributed by atoms with E-state index >= 15 is 0 Å². The monoisotopic (exact) mass is 327 g/mol. The van der Waals surface area contributed by atoms with Gasteiger partial charge in [0.1, 0.15) is 17.7 Å². The van der Waals surface area contributed by atoms with E-state index in [4.69, 9.17) is 16.3 Å². The quantitative estimate of drug-likeness (QED) is 0.695. The van der Waals surface area contributed by atoms with Crippen molar-refractivity contribution in [2.24, 2.45) is 4.99 Å². The molecular formula is C19H15ClFNO. The first-order valence-electron chi connectivity index (χ1n) is 7.60. The van der Waals surface area contributed by atoms with Crippen molar-refractivity contribution in [3.8, 4) is 5.75 Å². The average molecular weight is 328 g/mol. The van der Waals surface area contributed by atoms with Crippen molar-refractivity contribution in [1.82, 2.24) is 0 Å². The van der Waals surface area contributed by atoms with Crippen LogP contribution in [0.25, 0.3) is 6.08 Å². The van der Waals surface area contributed by atoms with Gasteiger partial charge < -0.3 is 4.74 Å². The maximum atomic E-state index is 14.2. The third kappa shape index (κ3) is 2.45. The second-order valence-electron chi connectivity index (χ2n) is 5.83. The minimum absolute atomic E-state index is 0.0518. The summed E-state index contributed by atoms with van der Waals surface area (Å²) < 4.78 is 20.4. The fourth-order valence-electron chi connectivity index (χ4n) is 3.20. The number of aliphatic imine (C=N–C) groups is 1. The van der Waals surface area contributed by atoms with E-state index in [2.05, 4.69) is 11.1 Å². The summed E-state index contributed by atoms with van der Waals surface area (Å²) in [6.07, 6.45) is 6.15. The molecule has 2 aliphatic rings. The van der Waals surface area contributed by atoms with Crippen LogP contribution in [-0.2, 0) is 6.42 Å². The Kier molecular flexibility index (Phi) is 3.46. The fourth-order valence-corrected chi connectivity index (χ4v) is 3.36. The molecule has 23 heavy (non-hydrogen) atoms. The lowest BCUT2D eigenvalue weighted by atomic mass is 9.91. The summed E-state index contributed by atoms with van der Waals surface area (Å²) in [6.45, 7) is 2.05. The van der Waals surface area contributed by atoms with Crippen molar-refractivity contribution >= 4 is 23.9 Å². The lowest BCUT2D eigenvalue weighted by Gasteiger charge is -2.28. The zero-order valence-corrected chi connectivity index (χ0v) is 13.3. The van der Waals surface area contributed by atoms with Crippen LogP contribution in [0.15, 0.2) is 41.4 Å². The van der Waals surface area contributed by atoms with Crippen LogP contribution in [0.4, 0.5) is 4.39 Å². The molecule has 1 unspecified atom stereocenters. The molecular weight excluding hydrogens is 313 g/mol. The molecule has 2 aliphatic heterocycles.